The first-order valence-electron chi connectivity index (χ1n) is 3.79. The van der Waals surface area contributed by atoms with E-state index in [0.717, 1.165) is 0 Å². The second-order valence-electron chi connectivity index (χ2n) is 2.23. The van der Waals surface area contributed by atoms with Crippen molar-refractivity contribution in [3.05, 3.63) is 24.3 Å². The molecule has 1 unspecified atom stereocenters. The van der Waals surface area contributed by atoms with Gasteiger partial charge in [-0.25, -0.2) is 4.52 Å². The fraction of sp³-hybridized carbons (Fsp3) is 0.250. The minimum atomic E-state index is -2.10. The molecule has 0 heterocycles. The van der Waals surface area contributed by atoms with Gasteiger partial charge in [0, 0.05) is 4.57 Å². The summed E-state index contributed by atoms with van der Waals surface area (Å²) < 4.78 is 20.5. The van der Waals surface area contributed by atoms with Gasteiger partial charge in [-0.2, -0.15) is 0 Å². The maximum atomic E-state index is 10.9. The van der Waals surface area contributed by atoms with Crippen LogP contribution in [0.3, 0.4) is 0 Å². The summed E-state index contributed by atoms with van der Waals surface area (Å²) in [5.74, 6) is 0.548. The molecule has 1 rings (SSSR count). The second kappa shape index (κ2) is 4.80. The van der Waals surface area contributed by atoms with Crippen molar-refractivity contribution in [2.45, 2.75) is 6.92 Å². The van der Waals surface area contributed by atoms with Gasteiger partial charge in [0.05, 0.1) is 0 Å². The zero-order valence-corrected chi connectivity index (χ0v) is 8.03. The number of hydrogen-bond donors (Lipinski definition) is 1. The zero-order chi connectivity index (χ0) is 9.68. The Kier molecular flexibility index (Phi) is 3.68. The third-order valence-electron chi connectivity index (χ3n) is 1.25. The average molecular weight is 201 g/mol. The van der Waals surface area contributed by atoms with Gasteiger partial charge in [0.25, 0.3) is 0 Å². The summed E-state index contributed by atoms with van der Waals surface area (Å²) in [5.41, 5.74) is 0. The standard InChI is InChI=1S/C8H9O4P/c1-2-11-13(10)12-8-5-3-7(9)4-6-8/h3-6H,2H2,1H3/p+1. The van der Waals surface area contributed by atoms with Crippen LogP contribution in [0.15, 0.2) is 24.3 Å². The van der Waals surface area contributed by atoms with E-state index in [4.69, 9.17) is 14.2 Å². The van der Waals surface area contributed by atoms with Crippen LogP contribution in [0.2, 0.25) is 0 Å². The van der Waals surface area contributed by atoms with Gasteiger partial charge in [-0.3, -0.25) is 0 Å². The maximum absolute atomic E-state index is 10.9. The van der Waals surface area contributed by atoms with Crippen LogP contribution in [0.25, 0.3) is 0 Å². The summed E-state index contributed by atoms with van der Waals surface area (Å²) >= 11 is 0. The van der Waals surface area contributed by atoms with Crippen LogP contribution >= 0.6 is 8.25 Å². The second-order valence-corrected chi connectivity index (χ2v) is 3.11. The largest absolute Gasteiger partial charge is 0.750 e. The van der Waals surface area contributed by atoms with Gasteiger partial charge in [-0.05, 0) is 31.2 Å². The topological polar surface area (TPSA) is 55.8 Å². The molecular formula is C8H10O4P+. The molecule has 4 nitrogen and oxygen atoms in total. The molecule has 0 aliphatic heterocycles. The molecule has 1 aromatic rings. The normalized spacial score (nSPS) is 11.0. The molecule has 13 heavy (non-hydrogen) atoms. The van der Waals surface area contributed by atoms with Crippen molar-refractivity contribution in [3.8, 4) is 11.5 Å². The number of benzene rings is 1. The van der Waals surface area contributed by atoms with Gasteiger partial charge in [0.2, 0.25) is 0 Å². The van der Waals surface area contributed by atoms with E-state index in [-0.39, 0.29) is 5.75 Å². The lowest BCUT2D eigenvalue weighted by Crippen LogP contribution is -1.85. The van der Waals surface area contributed by atoms with Crippen LogP contribution in [-0.4, -0.2) is 11.7 Å². The molecule has 5 heteroatoms. The number of rotatable bonds is 4. The number of phenols is 1. The van der Waals surface area contributed by atoms with Crippen LogP contribution in [0.4, 0.5) is 0 Å². The average Bonchev–Trinajstić information content (AvgIpc) is 2.09. The molecular weight excluding hydrogens is 191 g/mol. The first-order chi connectivity index (χ1) is 6.22. The molecule has 1 N–H and O–H groups in total. The minimum absolute atomic E-state index is 0.138. The fourth-order valence-corrected chi connectivity index (χ4v) is 1.28. The Bertz CT molecular complexity index is 283. The smallest absolute Gasteiger partial charge is 0.508 e. The number of hydrogen-bond acceptors (Lipinski definition) is 4. The Balaban J connectivity index is 2.54. The van der Waals surface area contributed by atoms with Crippen molar-refractivity contribution in [2.24, 2.45) is 0 Å². The summed E-state index contributed by atoms with van der Waals surface area (Å²) in [6, 6.07) is 5.93. The molecule has 0 amide bonds. The van der Waals surface area contributed by atoms with Gasteiger partial charge >= 0.3 is 8.25 Å². The van der Waals surface area contributed by atoms with E-state index in [1.54, 1.807) is 6.92 Å². The Morgan fingerprint density at radius 1 is 1.38 bits per heavy atom. The lowest BCUT2D eigenvalue weighted by Gasteiger charge is -1.92. The van der Waals surface area contributed by atoms with Crippen molar-refractivity contribution in [2.75, 3.05) is 6.61 Å². The monoisotopic (exact) mass is 201 g/mol. The molecule has 0 aliphatic rings. The van der Waals surface area contributed by atoms with E-state index in [1.807, 2.05) is 0 Å². The Labute approximate surface area is 77.1 Å². The van der Waals surface area contributed by atoms with Crippen molar-refractivity contribution >= 4 is 8.25 Å². The summed E-state index contributed by atoms with van der Waals surface area (Å²) in [4.78, 5) is 0. The highest BCUT2D eigenvalue weighted by molar-refractivity contribution is 7.33. The molecule has 0 fully saturated rings. The fourth-order valence-electron chi connectivity index (χ4n) is 0.725. The van der Waals surface area contributed by atoms with Gasteiger partial charge in [-0.15, -0.1) is 4.52 Å². The van der Waals surface area contributed by atoms with Gasteiger partial charge in [-0.1, -0.05) is 0 Å². The summed E-state index contributed by atoms with van der Waals surface area (Å²) in [6.45, 7) is 2.07. The van der Waals surface area contributed by atoms with Crippen LogP contribution in [0, 0.1) is 0 Å². The van der Waals surface area contributed by atoms with Gasteiger partial charge in [0.1, 0.15) is 12.4 Å². The molecule has 0 radical (unpaired) electrons. The van der Waals surface area contributed by atoms with E-state index < -0.39 is 8.25 Å². The van der Waals surface area contributed by atoms with Crippen LogP contribution in [0.1, 0.15) is 6.92 Å². The van der Waals surface area contributed by atoms with Gasteiger partial charge in [0.15, 0.2) is 5.75 Å². The summed E-state index contributed by atoms with van der Waals surface area (Å²) in [6.07, 6.45) is 0. The van der Waals surface area contributed by atoms with E-state index in [2.05, 4.69) is 0 Å². The predicted octanol–water partition coefficient (Wildman–Crippen LogP) is 2.46. The zero-order valence-electron chi connectivity index (χ0n) is 7.14. The minimum Gasteiger partial charge on any atom is -0.508 e. The van der Waals surface area contributed by atoms with Gasteiger partial charge < -0.3 is 5.11 Å². The predicted molar refractivity (Wildman–Crippen MR) is 48.0 cm³/mol. The molecule has 0 bridgehead atoms. The highest BCUT2D eigenvalue weighted by Crippen LogP contribution is 2.28. The quantitative estimate of drug-likeness (QED) is 0.760. The van der Waals surface area contributed by atoms with Crippen molar-refractivity contribution < 1.29 is 18.7 Å². The first-order valence-corrected chi connectivity index (χ1v) is 4.89. The maximum Gasteiger partial charge on any atom is 0.750 e. The van der Waals surface area contributed by atoms with E-state index in [9.17, 15) is 4.57 Å². The van der Waals surface area contributed by atoms with Crippen molar-refractivity contribution in [3.63, 3.8) is 0 Å². The number of phenolic OH excluding ortho intramolecular Hbond substituents is 1. The SMILES string of the molecule is CCO[P+](=O)Oc1ccc(O)cc1. The molecule has 1 atom stereocenters. The van der Waals surface area contributed by atoms with E-state index in [0.29, 0.717) is 12.4 Å². The molecule has 0 spiro atoms. The molecule has 70 valence electrons. The molecule has 0 saturated carbocycles. The first kappa shape index (κ1) is 9.96. The molecule has 1 aromatic carbocycles. The molecule has 0 aliphatic carbocycles. The highest BCUT2D eigenvalue weighted by Gasteiger charge is 2.20. The number of aromatic hydroxyl groups is 1. The Morgan fingerprint density at radius 2 is 2.00 bits per heavy atom. The third kappa shape index (κ3) is 3.40. The third-order valence-corrected chi connectivity index (χ3v) is 2.08. The Morgan fingerprint density at radius 3 is 2.54 bits per heavy atom. The van der Waals surface area contributed by atoms with Crippen molar-refractivity contribution in [1.82, 2.24) is 0 Å². The van der Waals surface area contributed by atoms with Crippen LogP contribution in [-0.2, 0) is 9.09 Å². The lowest BCUT2D eigenvalue weighted by molar-refractivity contribution is 0.302. The highest BCUT2D eigenvalue weighted by atomic mass is 31.1. The summed E-state index contributed by atoms with van der Waals surface area (Å²) in [7, 11) is -2.10. The van der Waals surface area contributed by atoms with E-state index >= 15 is 0 Å². The summed E-state index contributed by atoms with van der Waals surface area (Å²) in [5, 5.41) is 8.93. The van der Waals surface area contributed by atoms with Crippen LogP contribution in [0.5, 0.6) is 11.5 Å². The molecule has 0 saturated heterocycles. The van der Waals surface area contributed by atoms with Crippen LogP contribution < -0.4 is 4.52 Å². The van der Waals surface area contributed by atoms with Crippen molar-refractivity contribution in [1.29, 1.82) is 0 Å². The lowest BCUT2D eigenvalue weighted by atomic mass is 10.3. The van der Waals surface area contributed by atoms with E-state index in [1.165, 1.54) is 24.3 Å². The Hall–Kier alpha value is -1.12. The molecule has 0 aromatic heterocycles.